The molecule has 2 aromatic carbocycles. The van der Waals surface area contributed by atoms with Gasteiger partial charge in [0.05, 0.1) is 6.04 Å². The van der Waals surface area contributed by atoms with E-state index in [4.69, 9.17) is 0 Å². The van der Waals surface area contributed by atoms with Crippen molar-refractivity contribution in [1.29, 1.82) is 0 Å². The lowest BCUT2D eigenvalue weighted by Gasteiger charge is -2.41. The minimum atomic E-state index is -0.296. The van der Waals surface area contributed by atoms with E-state index in [2.05, 4.69) is 10.2 Å². The van der Waals surface area contributed by atoms with Gasteiger partial charge in [-0.05, 0) is 55.3 Å². The lowest BCUT2D eigenvalue weighted by molar-refractivity contribution is -0.133. The van der Waals surface area contributed by atoms with E-state index < -0.39 is 0 Å². The van der Waals surface area contributed by atoms with Crippen LogP contribution in [0.25, 0.3) is 0 Å². The summed E-state index contributed by atoms with van der Waals surface area (Å²) in [6.07, 6.45) is 2.42. The average molecular weight is 449 g/mol. The molecule has 2 aliphatic heterocycles. The third-order valence-corrected chi connectivity index (χ3v) is 6.67. The Morgan fingerprint density at radius 1 is 0.970 bits per heavy atom. The van der Waals surface area contributed by atoms with Gasteiger partial charge in [0.15, 0.2) is 0 Å². The maximum Gasteiger partial charge on any atom is 0.254 e. The van der Waals surface area contributed by atoms with Gasteiger partial charge in [-0.2, -0.15) is 0 Å². The first-order valence-electron chi connectivity index (χ1n) is 11.7. The zero-order valence-electron chi connectivity index (χ0n) is 19.4. The summed E-state index contributed by atoms with van der Waals surface area (Å²) in [7, 11) is 1.59. The highest BCUT2D eigenvalue weighted by molar-refractivity contribution is 5.96. The Kier molecular flexibility index (Phi) is 7.08. The van der Waals surface area contributed by atoms with Crippen molar-refractivity contribution in [2.45, 2.75) is 32.4 Å². The summed E-state index contributed by atoms with van der Waals surface area (Å²) in [6.45, 7) is 5.83. The Bertz CT molecular complexity index is 1030. The normalized spacial score (nSPS) is 18.9. The van der Waals surface area contributed by atoms with E-state index in [9.17, 15) is 14.4 Å². The molecule has 0 spiro atoms. The maximum absolute atomic E-state index is 13.6. The number of rotatable bonds is 5. The van der Waals surface area contributed by atoms with Crippen LogP contribution in [0.1, 0.15) is 57.7 Å². The molecule has 0 aromatic heterocycles. The van der Waals surface area contributed by atoms with E-state index >= 15 is 0 Å². The Morgan fingerprint density at radius 2 is 1.73 bits per heavy atom. The zero-order valence-corrected chi connectivity index (χ0v) is 19.4. The number of hydrogen-bond acceptors (Lipinski definition) is 4. The first kappa shape index (κ1) is 23.0. The highest BCUT2D eigenvalue weighted by Crippen LogP contribution is 2.28. The van der Waals surface area contributed by atoms with Gasteiger partial charge in [-0.15, -0.1) is 0 Å². The molecule has 2 saturated heterocycles. The molecule has 0 saturated carbocycles. The van der Waals surface area contributed by atoms with Gasteiger partial charge in [-0.3, -0.25) is 19.3 Å². The van der Waals surface area contributed by atoms with Crippen LogP contribution in [0.4, 0.5) is 0 Å². The van der Waals surface area contributed by atoms with Crippen molar-refractivity contribution in [2.75, 3.05) is 39.8 Å². The topological polar surface area (TPSA) is 73.0 Å². The average Bonchev–Trinajstić information content (AvgIpc) is 3.36. The van der Waals surface area contributed by atoms with Crippen LogP contribution in [-0.4, -0.2) is 72.2 Å². The van der Waals surface area contributed by atoms with Crippen molar-refractivity contribution in [2.24, 2.45) is 0 Å². The van der Waals surface area contributed by atoms with Gasteiger partial charge in [0.2, 0.25) is 5.91 Å². The largest absolute Gasteiger partial charge is 0.355 e. The number of hydrogen-bond donors (Lipinski definition) is 1. The van der Waals surface area contributed by atoms with Crippen molar-refractivity contribution >= 4 is 17.7 Å². The molecule has 1 N–H and O–H groups in total. The molecule has 2 heterocycles. The standard InChI is InChI=1S/C26H32N4O3/c1-19(31)30-15-14-29(18-24(30)20-9-7-10-21(16-20)25(32)27-2)26(33)23-11-4-3-8-22(23)17-28-12-5-6-13-28/h3-4,7-11,16,24H,5-6,12-15,17-18H2,1-2H3,(H,27,32). The minimum absolute atomic E-state index is 0.000421. The lowest BCUT2D eigenvalue weighted by Crippen LogP contribution is -2.52. The molecule has 0 aliphatic carbocycles. The predicted octanol–water partition coefficient (Wildman–Crippen LogP) is 2.69. The van der Waals surface area contributed by atoms with Crippen molar-refractivity contribution < 1.29 is 14.4 Å². The summed E-state index contributed by atoms with van der Waals surface area (Å²) < 4.78 is 0. The molecule has 7 nitrogen and oxygen atoms in total. The molecule has 33 heavy (non-hydrogen) atoms. The Balaban J connectivity index is 1.58. The number of likely N-dealkylation sites (tertiary alicyclic amines) is 1. The number of piperazine rings is 1. The molecule has 7 heteroatoms. The van der Waals surface area contributed by atoms with Crippen molar-refractivity contribution in [3.63, 3.8) is 0 Å². The monoisotopic (exact) mass is 448 g/mol. The second-order valence-electron chi connectivity index (χ2n) is 8.82. The fourth-order valence-corrected chi connectivity index (χ4v) is 4.88. The van der Waals surface area contributed by atoms with Gasteiger partial charge in [-0.25, -0.2) is 0 Å². The predicted molar refractivity (Wildman–Crippen MR) is 127 cm³/mol. The number of carbonyl (C=O) groups is 3. The van der Waals surface area contributed by atoms with E-state index in [0.717, 1.165) is 36.3 Å². The Hall–Kier alpha value is -3.19. The lowest BCUT2D eigenvalue weighted by atomic mass is 9.98. The van der Waals surface area contributed by atoms with Gasteiger partial charge >= 0.3 is 0 Å². The first-order valence-corrected chi connectivity index (χ1v) is 11.7. The summed E-state index contributed by atoms with van der Waals surface area (Å²) in [6, 6.07) is 14.9. The quantitative estimate of drug-likeness (QED) is 0.763. The van der Waals surface area contributed by atoms with Crippen LogP contribution in [-0.2, 0) is 11.3 Å². The SMILES string of the molecule is CNC(=O)c1cccc(C2CN(C(=O)c3ccccc3CN3CCCC3)CCN2C(C)=O)c1. The van der Waals surface area contributed by atoms with E-state index in [1.165, 1.54) is 12.8 Å². The molecular formula is C26H32N4O3. The first-order chi connectivity index (χ1) is 16.0. The van der Waals surface area contributed by atoms with Gasteiger partial charge in [-0.1, -0.05) is 30.3 Å². The molecule has 2 aromatic rings. The summed E-state index contributed by atoms with van der Waals surface area (Å²) >= 11 is 0. The van der Waals surface area contributed by atoms with Crippen LogP contribution >= 0.6 is 0 Å². The molecule has 174 valence electrons. The molecule has 0 bridgehead atoms. The molecule has 1 unspecified atom stereocenters. The Labute approximate surface area is 195 Å². The van der Waals surface area contributed by atoms with Crippen LogP contribution in [0.3, 0.4) is 0 Å². The molecule has 2 fully saturated rings. The highest BCUT2D eigenvalue weighted by Gasteiger charge is 2.33. The summed E-state index contributed by atoms with van der Waals surface area (Å²) in [4.78, 5) is 44.2. The number of nitrogens with zero attached hydrogens (tertiary/aromatic N) is 3. The smallest absolute Gasteiger partial charge is 0.254 e. The summed E-state index contributed by atoms with van der Waals surface area (Å²) in [5.74, 6) is -0.210. The number of amides is 3. The van der Waals surface area contributed by atoms with E-state index in [0.29, 0.717) is 25.2 Å². The van der Waals surface area contributed by atoms with Crippen molar-refractivity contribution in [3.8, 4) is 0 Å². The van der Waals surface area contributed by atoms with Crippen LogP contribution in [0.5, 0.6) is 0 Å². The molecule has 0 radical (unpaired) electrons. The van der Waals surface area contributed by atoms with E-state index in [-0.39, 0.29) is 23.8 Å². The van der Waals surface area contributed by atoms with Crippen LogP contribution in [0.2, 0.25) is 0 Å². The number of nitrogens with one attached hydrogen (secondary N) is 1. The molecule has 4 rings (SSSR count). The van der Waals surface area contributed by atoms with Crippen LogP contribution in [0.15, 0.2) is 48.5 Å². The highest BCUT2D eigenvalue weighted by atomic mass is 16.2. The minimum Gasteiger partial charge on any atom is -0.355 e. The van der Waals surface area contributed by atoms with E-state index in [1.54, 1.807) is 24.9 Å². The zero-order chi connectivity index (χ0) is 23.4. The summed E-state index contributed by atoms with van der Waals surface area (Å²) in [5.41, 5.74) is 3.18. The Morgan fingerprint density at radius 3 is 2.45 bits per heavy atom. The number of carbonyl (C=O) groups excluding carboxylic acids is 3. The third-order valence-electron chi connectivity index (χ3n) is 6.67. The fourth-order valence-electron chi connectivity index (χ4n) is 4.88. The van der Waals surface area contributed by atoms with E-state index in [1.807, 2.05) is 47.4 Å². The van der Waals surface area contributed by atoms with Gasteiger partial charge < -0.3 is 15.1 Å². The second kappa shape index (κ2) is 10.2. The maximum atomic E-state index is 13.6. The molecular weight excluding hydrogens is 416 g/mol. The van der Waals surface area contributed by atoms with Crippen LogP contribution < -0.4 is 5.32 Å². The van der Waals surface area contributed by atoms with Gasteiger partial charge in [0.1, 0.15) is 0 Å². The van der Waals surface area contributed by atoms with Gasteiger partial charge in [0.25, 0.3) is 11.8 Å². The third kappa shape index (κ3) is 5.09. The molecule has 1 atom stereocenters. The number of benzene rings is 2. The summed E-state index contributed by atoms with van der Waals surface area (Å²) in [5, 5.41) is 2.64. The van der Waals surface area contributed by atoms with Crippen LogP contribution in [0, 0.1) is 0 Å². The van der Waals surface area contributed by atoms with Crippen molar-refractivity contribution in [3.05, 3.63) is 70.8 Å². The second-order valence-corrected chi connectivity index (χ2v) is 8.82. The molecule has 3 amide bonds. The fraction of sp³-hybridized carbons (Fsp3) is 0.423. The van der Waals surface area contributed by atoms with Crippen molar-refractivity contribution in [1.82, 2.24) is 20.0 Å². The van der Waals surface area contributed by atoms with Gasteiger partial charge in [0, 0.05) is 51.3 Å². The molecule has 2 aliphatic rings.